The van der Waals surface area contributed by atoms with Crippen molar-refractivity contribution in [3.63, 3.8) is 0 Å². The maximum atomic E-state index is 13.5. The second-order valence-electron chi connectivity index (χ2n) is 6.23. The van der Waals surface area contributed by atoms with Crippen LogP contribution >= 0.6 is 0 Å². The van der Waals surface area contributed by atoms with Gasteiger partial charge in [-0.25, -0.2) is 4.39 Å². The number of nitrogens with zero attached hydrogens (tertiary/aromatic N) is 1. The maximum Gasteiger partial charge on any atom is 0.228 e. The van der Waals surface area contributed by atoms with Crippen LogP contribution in [-0.2, 0) is 16.0 Å². The van der Waals surface area contributed by atoms with Crippen LogP contribution in [-0.4, -0.2) is 23.5 Å². The maximum absolute atomic E-state index is 13.5. The molecule has 6 nitrogen and oxygen atoms in total. The number of hydrogen-bond donors (Lipinski definition) is 2. The van der Waals surface area contributed by atoms with Crippen molar-refractivity contribution >= 4 is 17.5 Å². The first kappa shape index (κ1) is 17.1. The largest absolute Gasteiger partial charge is 0.361 e. The summed E-state index contributed by atoms with van der Waals surface area (Å²) in [5.41, 5.74) is 2.92. The van der Waals surface area contributed by atoms with Crippen LogP contribution in [0, 0.1) is 19.7 Å². The van der Waals surface area contributed by atoms with Crippen LogP contribution in [0.15, 0.2) is 22.7 Å². The van der Waals surface area contributed by atoms with Crippen LogP contribution < -0.4 is 10.6 Å². The van der Waals surface area contributed by atoms with Crippen LogP contribution in [0.2, 0.25) is 0 Å². The van der Waals surface area contributed by atoms with Gasteiger partial charge in [-0.1, -0.05) is 5.16 Å². The molecule has 0 radical (unpaired) electrons. The van der Waals surface area contributed by atoms with Gasteiger partial charge in [0.25, 0.3) is 0 Å². The molecule has 1 aliphatic rings. The molecular formula is C18H20FN3O3. The topological polar surface area (TPSA) is 84.2 Å². The van der Waals surface area contributed by atoms with E-state index >= 15 is 0 Å². The average Bonchev–Trinajstić information content (AvgIpc) is 2.89. The third-order valence-corrected chi connectivity index (χ3v) is 4.45. The highest BCUT2D eigenvalue weighted by molar-refractivity contribution is 6.01. The zero-order chi connectivity index (χ0) is 18.0. The second-order valence-corrected chi connectivity index (χ2v) is 6.23. The van der Waals surface area contributed by atoms with Crippen LogP contribution in [0.4, 0.5) is 10.1 Å². The van der Waals surface area contributed by atoms with Gasteiger partial charge in [0, 0.05) is 24.2 Å². The summed E-state index contributed by atoms with van der Waals surface area (Å²) >= 11 is 0. The normalized spacial score (nSPS) is 16.3. The van der Waals surface area contributed by atoms with Gasteiger partial charge in [0.15, 0.2) is 0 Å². The smallest absolute Gasteiger partial charge is 0.228 e. The van der Waals surface area contributed by atoms with Gasteiger partial charge in [0.05, 0.1) is 11.6 Å². The third-order valence-electron chi connectivity index (χ3n) is 4.45. The lowest BCUT2D eigenvalue weighted by molar-refractivity contribution is -0.126. The molecule has 2 amide bonds. The van der Waals surface area contributed by atoms with Gasteiger partial charge in [-0.2, -0.15) is 0 Å². The Labute approximate surface area is 144 Å². The first-order valence-corrected chi connectivity index (χ1v) is 8.24. The Bertz CT molecular complexity index is 796. The van der Waals surface area contributed by atoms with Crippen molar-refractivity contribution in [1.29, 1.82) is 0 Å². The molecule has 2 heterocycles. The van der Waals surface area contributed by atoms with Crippen molar-refractivity contribution in [3.8, 4) is 0 Å². The number of rotatable bonds is 5. The Morgan fingerprint density at radius 1 is 1.44 bits per heavy atom. The van der Waals surface area contributed by atoms with Crippen LogP contribution in [0.1, 0.15) is 41.3 Å². The molecule has 1 atom stereocenters. The Morgan fingerprint density at radius 2 is 2.24 bits per heavy atom. The van der Waals surface area contributed by atoms with E-state index in [4.69, 9.17) is 4.52 Å². The Hall–Kier alpha value is -2.70. The fourth-order valence-electron chi connectivity index (χ4n) is 3.13. The van der Waals surface area contributed by atoms with Crippen molar-refractivity contribution in [2.24, 2.45) is 0 Å². The average molecular weight is 345 g/mol. The minimum absolute atomic E-state index is 0.0200. The molecular weight excluding hydrogens is 325 g/mol. The van der Waals surface area contributed by atoms with E-state index in [2.05, 4.69) is 15.8 Å². The molecule has 2 N–H and O–H groups in total. The Kier molecular flexibility index (Phi) is 4.83. The first-order chi connectivity index (χ1) is 12.0. The number of halogens is 1. The van der Waals surface area contributed by atoms with Crippen molar-refractivity contribution in [3.05, 3.63) is 46.6 Å². The molecule has 2 aromatic rings. The molecule has 1 aromatic carbocycles. The number of aromatic nitrogens is 1. The zero-order valence-electron chi connectivity index (χ0n) is 14.2. The van der Waals surface area contributed by atoms with Crippen molar-refractivity contribution in [2.45, 2.75) is 39.0 Å². The highest BCUT2D eigenvalue weighted by Crippen LogP contribution is 2.32. The number of aryl methyl sites for hydroxylation is 2. The second kappa shape index (κ2) is 7.04. The molecule has 0 spiro atoms. The van der Waals surface area contributed by atoms with Gasteiger partial charge in [0.2, 0.25) is 11.8 Å². The van der Waals surface area contributed by atoms with Crippen LogP contribution in [0.5, 0.6) is 0 Å². The third kappa shape index (κ3) is 3.70. The van der Waals surface area contributed by atoms with Gasteiger partial charge in [-0.3, -0.25) is 9.59 Å². The van der Waals surface area contributed by atoms with Crippen molar-refractivity contribution in [1.82, 2.24) is 10.5 Å². The van der Waals surface area contributed by atoms with Crippen molar-refractivity contribution < 1.29 is 18.5 Å². The standard InChI is InChI=1S/C18H20FN3O3/c1-10-13(11(2)25-22-10)4-3-7-20-18(24)15-9-17(23)21-16-6-5-12(19)8-14(15)16/h5-6,8,15H,3-4,7,9H2,1-2H3,(H,20,24)(H,21,23)/t15-/m0/s1. The van der Waals surface area contributed by atoms with Gasteiger partial charge < -0.3 is 15.2 Å². The lowest BCUT2D eigenvalue weighted by atomic mass is 9.89. The van der Waals surface area contributed by atoms with Crippen LogP contribution in [0.3, 0.4) is 0 Å². The monoisotopic (exact) mass is 345 g/mol. The fraction of sp³-hybridized carbons (Fsp3) is 0.389. The minimum Gasteiger partial charge on any atom is -0.361 e. The minimum atomic E-state index is -0.668. The van der Waals surface area contributed by atoms with E-state index in [1.165, 1.54) is 18.2 Å². The van der Waals surface area contributed by atoms with Crippen molar-refractivity contribution in [2.75, 3.05) is 11.9 Å². The van der Waals surface area contributed by atoms with E-state index in [9.17, 15) is 14.0 Å². The summed E-state index contributed by atoms with van der Waals surface area (Å²) in [6.45, 7) is 4.21. The number of benzene rings is 1. The molecule has 0 unspecified atom stereocenters. The highest BCUT2D eigenvalue weighted by Gasteiger charge is 2.30. The molecule has 7 heteroatoms. The van der Waals surface area contributed by atoms with Crippen LogP contribution in [0.25, 0.3) is 0 Å². The first-order valence-electron chi connectivity index (χ1n) is 8.24. The molecule has 25 heavy (non-hydrogen) atoms. The number of anilines is 1. The SMILES string of the molecule is Cc1noc(C)c1CCCNC(=O)[C@H]1CC(=O)Nc2ccc(F)cc21. The van der Waals surface area contributed by atoms with Gasteiger partial charge in [-0.05, 0) is 50.5 Å². The predicted molar refractivity (Wildman–Crippen MR) is 89.7 cm³/mol. The number of carbonyl (C=O) groups excluding carboxylic acids is 2. The summed E-state index contributed by atoms with van der Waals surface area (Å²) in [4.78, 5) is 24.3. The molecule has 0 fully saturated rings. The molecule has 3 rings (SSSR count). The summed E-state index contributed by atoms with van der Waals surface area (Å²) in [7, 11) is 0. The van der Waals surface area contributed by atoms with E-state index in [-0.39, 0.29) is 18.2 Å². The summed E-state index contributed by atoms with van der Waals surface area (Å²) in [5, 5.41) is 9.41. The molecule has 1 aliphatic heterocycles. The Morgan fingerprint density at radius 3 is 2.96 bits per heavy atom. The van der Waals surface area contributed by atoms with Gasteiger partial charge in [-0.15, -0.1) is 0 Å². The summed E-state index contributed by atoms with van der Waals surface area (Å²) < 4.78 is 18.6. The number of carbonyl (C=O) groups is 2. The highest BCUT2D eigenvalue weighted by atomic mass is 19.1. The molecule has 132 valence electrons. The zero-order valence-corrected chi connectivity index (χ0v) is 14.2. The van der Waals surface area contributed by atoms with E-state index in [0.29, 0.717) is 17.8 Å². The predicted octanol–water partition coefficient (Wildman–Crippen LogP) is 2.61. The van der Waals surface area contributed by atoms with Gasteiger partial charge in [0.1, 0.15) is 11.6 Å². The lowest BCUT2D eigenvalue weighted by Crippen LogP contribution is -2.35. The number of amides is 2. The fourth-order valence-corrected chi connectivity index (χ4v) is 3.13. The molecule has 0 saturated heterocycles. The summed E-state index contributed by atoms with van der Waals surface area (Å²) in [6, 6.07) is 4.06. The quantitative estimate of drug-likeness (QED) is 0.816. The molecule has 1 aromatic heterocycles. The summed E-state index contributed by atoms with van der Waals surface area (Å²) in [5.74, 6) is -0.808. The van der Waals surface area contributed by atoms with E-state index < -0.39 is 11.7 Å². The molecule has 0 bridgehead atoms. The summed E-state index contributed by atoms with van der Waals surface area (Å²) in [6.07, 6.45) is 1.49. The number of fused-ring (bicyclic) bond motifs is 1. The van der Waals surface area contributed by atoms with Gasteiger partial charge >= 0.3 is 0 Å². The number of nitrogens with one attached hydrogen (secondary N) is 2. The molecule has 0 aliphatic carbocycles. The molecule has 0 saturated carbocycles. The van der Waals surface area contributed by atoms with E-state index in [1.54, 1.807) is 0 Å². The number of hydrogen-bond acceptors (Lipinski definition) is 4. The van der Waals surface area contributed by atoms with E-state index in [1.807, 2.05) is 13.8 Å². The lowest BCUT2D eigenvalue weighted by Gasteiger charge is -2.24. The van der Waals surface area contributed by atoms with E-state index in [0.717, 1.165) is 29.9 Å². The Balaban J connectivity index is 1.60.